The van der Waals surface area contributed by atoms with Crippen molar-refractivity contribution in [3.63, 3.8) is 0 Å². The van der Waals surface area contributed by atoms with E-state index in [1.807, 2.05) is 0 Å². The normalized spacial score (nSPS) is 11.4. The van der Waals surface area contributed by atoms with Gasteiger partial charge in [0.15, 0.2) is 6.61 Å². The molecule has 0 aliphatic carbocycles. The SMILES string of the molecule is CN(C)S(=O)(=O)c1ccc(OCC(=O)Nc2cccc(Cl)c2Cl)cc1. The standard InChI is InChI=1S/C16H16Cl2N2O4S/c1-20(2)25(22,23)12-8-6-11(7-9-12)24-10-15(21)19-14-5-3-4-13(17)16(14)18/h3-9H,10H2,1-2H3,(H,19,21). The second-order valence-corrected chi connectivity index (χ2v) is 8.13. The molecule has 0 radical (unpaired) electrons. The zero-order valence-corrected chi connectivity index (χ0v) is 15.8. The molecule has 0 saturated heterocycles. The van der Waals surface area contributed by atoms with Gasteiger partial charge in [-0.3, -0.25) is 4.79 Å². The molecule has 0 saturated carbocycles. The number of hydrogen-bond donors (Lipinski definition) is 1. The van der Waals surface area contributed by atoms with E-state index < -0.39 is 15.9 Å². The van der Waals surface area contributed by atoms with Crippen molar-refractivity contribution in [3.8, 4) is 5.75 Å². The molecule has 2 rings (SSSR count). The van der Waals surface area contributed by atoms with Crippen LogP contribution in [-0.2, 0) is 14.8 Å². The highest BCUT2D eigenvalue weighted by atomic mass is 35.5. The van der Waals surface area contributed by atoms with Gasteiger partial charge in [-0.25, -0.2) is 12.7 Å². The summed E-state index contributed by atoms with van der Waals surface area (Å²) in [5.74, 6) is -0.0563. The third-order valence-electron chi connectivity index (χ3n) is 3.20. The van der Waals surface area contributed by atoms with E-state index in [0.29, 0.717) is 16.5 Å². The average Bonchev–Trinajstić information content (AvgIpc) is 2.57. The predicted molar refractivity (Wildman–Crippen MR) is 97.9 cm³/mol. The second-order valence-electron chi connectivity index (χ2n) is 5.20. The first-order chi connectivity index (χ1) is 11.7. The molecule has 0 aliphatic heterocycles. The Bertz CT molecular complexity index is 868. The number of carbonyl (C=O) groups excluding carboxylic acids is 1. The van der Waals surface area contributed by atoms with E-state index in [4.69, 9.17) is 27.9 Å². The number of amides is 1. The van der Waals surface area contributed by atoms with Crippen molar-refractivity contribution in [2.45, 2.75) is 4.90 Å². The number of nitrogens with zero attached hydrogens (tertiary/aromatic N) is 1. The van der Waals surface area contributed by atoms with Crippen LogP contribution in [0, 0.1) is 0 Å². The third kappa shape index (κ3) is 4.85. The number of anilines is 1. The lowest BCUT2D eigenvalue weighted by Gasteiger charge is -2.12. The lowest BCUT2D eigenvalue weighted by Crippen LogP contribution is -2.22. The third-order valence-corrected chi connectivity index (χ3v) is 5.85. The van der Waals surface area contributed by atoms with Crippen molar-refractivity contribution in [2.24, 2.45) is 0 Å². The average molecular weight is 403 g/mol. The Kier molecular flexibility index (Phi) is 6.29. The highest BCUT2D eigenvalue weighted by Crippen LogP contribution is 2.29. The monoisotopic (exact) mass is 402 g/mol. The molecule has 0 fully saturated rings. The van der Waals surface area contributed by atoms with Crippen molar-refractivity contribution in [2.75, 3.05) is 26.0 Å². The second kappa shape index (κ2) is 8.05. The number of sulfonamides is 1. The van der Waals surface area contributed by atoms with E-state index in [-0.39, 0.29) is 16.5 Å². The van der Waals surface area contributed by atoms with E-state index in [9.17, 15) is 13.2 Å². The lowest BCUT2D eigenvalue weighted by molar-refractivity contribution is -0.118. The smallest absolute Gasteiger partial charge is 0.262 e. The van der Waals surface area contributed by atoms with Gasteiger partial charge in [0.25, 0.3) is 5.91 Å². The van der Waals surface area contributed by atoms with Crippen LogP contribution >= 0.6 is 23.2 Å². The molecular formula is C16H16Cl2N2O4S. The van der Waals surface area contributed by atoms with Crippen molar-refractivity contribution >= 4 is 44.8 Å². The summed E-state index contributed by atoms with van der Waals surface area (Å²) in [6.45, 7) is -0.261. The maximum absolute atomic E-state index is 12.0. The molecule has 0 aromatic heterocycles. The molecule has 0 bridgehead atoms. The largest absolute Gasteiger partial charge is 0.484 e. The molecule has 2 aromatic carbocycles. The Morgan fingerprint density at radius 3 is 2.36 bits per heavy atom. The zero-order chi connectivity index (χ0) is 18.6. The number of nitrogens with one attached hydrogen (secondary N) is 1. The van der Waals surface area contributed by atoms with Crippen LogP contribution in [0.4, 0.5) is 5.69 Å². The fraction of sp³-hybridized carbons (Fsp3) is 0.188. The van der Waals surface area contributed by atoms with Crippen LogP contribution in [0.2, 0.25) is 10.0 Å². The summed E-state index contributed by atoms with van der Waals surface area (Å²) in [6.07, 6.45) is 0. The molecule has 134 valence electrons. The van der Waals surface area contributed by atoms with Crippen LogP contribution in [0.25, 0.3) is 0 Å². The molecule has 25 heavy (non-hydrogen) atoms. The van der Waals surface area contributed by atoms with Gasteiger partial charge >= 0.3 is 0 Å². The van der Waals surface area contributed by atoms with E-state index >= 15 is 0 Å². The number of benzene rings is 2. The summed E-state index contributed by atoms with van der Waals surface area (Å²) in [5.41, 5.74) is 0.384. The van der Waals surface area contributed by atoms with Crippen molar-refractivity contribution in [1.29, 1.82) is 0 Å². The van der Waals surface area contributed by atoms with E-state index in [0.717, 1.165) is 4.31 Å². The van der Waals surface area contributed by atoms with Gasteiger partial charge < -0.3 is 10.1 Å². The molecule has 1 amide bonds. The Morgan fingerprint density at radius 2 is 1.76 bits per heavy atom. The van der Waals surface area contributed by atoms with Gasteiger partial charge in [-0.1, -0.05) is 29.3 Å². The van der Waals surface area contributed by atoms with Gasteiger partial charge in [0.2, 0.25) is 10.0 Å². The number of ether oxygens (including phenoxy) is 1. The molecular weight excluding hydrogens is 387 g/mol. The first kappa shape index (κ1) is 19.5. The van der Waals surface area contributed by atoms with Gasteiger partial charge in [-0.05, 0) is 36.4 Å². The molecule has 2 aromatic rings. The quantitative estimate of drug-likeness (QED) is 0.804. The minimum Gasteiger partial charge on any atom is -0.484 e. The summed E-state index contributed by atoms with van der Waals surface area (Å²) in [5, 5.41) is 3.17. The van der Waals surface area contributed by atoms with Crippen LogP contribution in [0.3, 0.4) is 0 Å². The Hall–Kier alpha value is -1.80. The Labute approximate surface area is 156 Å². The highest BCUT2D eigenvalue weighted by molar-refractivity contribution is 7.89. The molecule has 0 aliphatic rings. The topological polar surface area (TPSA) is 75.7 Å². The van der Waals surface area contributed by atoms with Crippen LogP contribution in [0.1, 0.15) is 0 Å². The minimum atomic E-state index is -3.50. The van der Waals surface area contributed by atoms with E-state index in [2.05, 4.69) is 5.32 Å². The lowest BCUT2D eigenvalue weighted by atomic mass is 10.3. The molecule has 1 N–H and O–H groups in total. The summed E-state index contributed by atoms with van der Waals surface area (Å²) in [7, 11) is -0.604. The van der Waals surface area contributed by atoms with Crippen molar-refractivity contribution in [1.82, 2.24) is 4.31 Å². The van der Waals surface area contributed by atoms with E-state index in [1.165, 1.54) is 38.4 Å². The van der Waals surface area contributed by atoms with E-state index in [1.54, 1.807) is 18.2 Å². The van der Waals surface area contributed by atoms with Crippen LogP contribution in [0.15, 0.2) is 47.4 Å². The predicted octanol–water partition coefficient (Wildman–Crippen LogP) is 3.26. The maximum atomic E-state index is 12.0. The summed E-state index contributed by atoms with van der Waals surface area (Å²) < 4.78 is 30.4. The van der Waals surface area contributed by atoms with Gasteiger partial charge in [-0.2, -0.15) is 0 Å². The first-order valence-electron chi connectivity index (χ1n) is 7.11. The molecule has 0 heterocycles. The summed E-state index contributed by atoms with van der Waals surface area (Å²) in [6, 6.07) is 10.7. The Balaban J connectivity index is 1.97. The summed E-state index contributed by atoms with van der Waals surface area (Å²) >= 11 is 11.9. The molecule has 0 spiro atoms. The summed E-state index contributed by atoms with van der Waals surface area (Å²) in [4.78, 5) is 12.1. The zero-order valence-electron chi connectivity index (χ0n) is 13.5. The van der Waals surface area contributed by atoms with Crippen molar-refractivity contribution in [3.05, 3.63) is 52.5 Å². The van der Waals surface area contributed by atoms with Gasteiger partial charge in [0, 0.05) is 14.1 Å². The molecule has 0 atom stereocenters. The number of hydrogen-bond acceptors (Lipinski definition) is 4. The van der Waals surface area contributed by atoms with Gasteiger partial charge in [0.1, 0.15) is 5.75 Å². The molecule has 9 heteroatoms. The van der Waals surface area contributed by atoms with Crippen LogP contribution < -0.4 is 10.1 Å². The van der Waals surface area contributed by atoms with Crippen LogP contribution in [0.5, 0.6) is 5.75 Å². The van der Waals surface area contributed by atoms with Crippen molar-refractivity contribution < 1.29 is 17.9 Å². The highest BCUT2D eigenvalue weighted by Gasteiger charge is 2.17. The fourth-order valence-electron chi connectivity index (χ4n) is 1.85. The number of carbonyl (C=O) groups is 1. The fourth-order valence-corrected chi connectivity index (χ4v) is 3.10. The first-order valence-corrected chi connectivity index (χ1v) is 9.30. The molecule has 0 unspecified atom stereocenters. The number of halogens is 2. The minimum absolute atomic E-state index is 0.139. The number of rotatable bonds is 6. The van der Waals surface area contributed by atoms with Gasteiger partial charge in [0.05, 0.1) is 20.6 Å². The maximum Gasteiger partial charge on any atom is 0.262 e. The van der Waals surface area contributed by atoms with Crippen LogP contribution in [-0.4, -0.2) is 39.3 Å². The Morgan fingerprint density at radius 1 is 1.12 bits per heavy atom. The van der Waals surface area contributed by atoms with Gasteiger partial charge in [-0.15, -0.1) is 0 Å². The molecule has 6 nitrogen and oxygen atoms in total.